The predicted octanol–water partition coefficient (Wildman–Crippen LogP) is 0.291. The van der Waals surface area contributed by atoms with E-state index in [0.29, 0.717) is 18.9 Å². The van der Waals surface area contributed by atoms with E-state index in [2.05, 4.69) is 32.8 Å². The summed E-state index contributed by atoms with van der Waals surface area (Å²) in [6, 6.07) is 11.6. The number of anilines is 1. The van der Waals surface area contributed by atoms with Crippen molar-refractivity contribution in [2.24, 2.45) is 7.05 Å². The topological polar surface area (TPSA) is 82.5 Å². The fourth-order valence-electron chi connectivity index (χ4n) is 3.32. The van der Waals surface area contributed by atoms with Crippen molar-refractivity contribution in [1.29, 1.82) is 0 Å². The number of hydrogen-bond donors (Lipinski definition) is 2. The molecule has 1 aromatic heterocycles. The molecule has 1 aliphatic heterocycles. The van der Waals surface area contributed by atoms with E-state index in [1.165, 1.54) is 5.56 Å². The monoisotopic (exact) mass is 370 g/mol. The molecule has 0 spiro atoms. The van der Waals surface area contributed by atoms with Crippen LogP contribution in [-0.2, 0) is 23.2 Å². The van der Waals surface area contributed by atoms with Crippen LogP contribution in [0, 0.1) is 0 Å². The van der Waals surface area contributed by atoms with Gasteiger partial charge in [0.15, 0.2) is 5.82 Å². The Morgan fingerprint density at radius 1 is 1.19 bits per heavy atom. The number of carbonyl (C=O) groups is 2. The van der Waals surface area contributed by atoms with Crippen LogP contribution < -0.4 is 10.6 Å². The van der Waals surface area contributed by atoms with Crippen LogP contribution >= 0.6 is 0 Å². The van der Waals surface area contributed by atoms with Crippen molar-refractivity contribution in [2.75, 3.05) is 38.5 Å². The van der Waals surface area contributed by atoms with E-state index in [1.54, 1.807) is 31.0 Å². The normalized spacial score (nSPS) is 18.2. The summed E-state index contributed by atoms with van der Waals surface area (Å²) in [5.41, 5.74) is 1.22. The molecule has 8 heteroatoms. The number of piperazine rings is 1. The minimum atomic E-state index is -0.359. The molecule has 2 aromatic rings. The highest BCUT2D eigenvalue weighted by molar-refractivity contribution is 5.92. The Balaban J connectivity index is 1.61. The lowest BCUT2D eigenvalue weighted by Crippen LogP contribution is -2.59. The lowest BCUT2D eigenvalue weighted by atomic mass is 10.1. The van der Waals surface area contributed by atoms with E-state index >= 15 is 0 Å². The second-order valence-electron chi connectivity index (χ2n) is 6.74. The number of nitrogens with zero attached hydrogens (tertiary/aromatic N) is 4. The zero-order valence-electron chi connectivity index (χ0n) is 15.8. The van der Waals surface area contributed by atoms with Crippen LogP contribution in [0.5, 0.6) is 0 Å². The Hall–Kier alpha value is -2.71. The first-order chi connectivity index (χ1) is 13.0. The first kappa shape index (κ1) is 19.1. The van der Waals surface area contributed by atoms with Crippen molar-refractivity contribution in [3.8, 4) is 0 Å². The molecule has 8 nitrogen and oxygen atoms in total. The molecule has 1 fully saturated rings. The van der Waals surface area contributed by atoms with Gasteiger partial charge >= 0.3 is 0 Å². The van der Waals surface area contributed by atoms with Crippen molar-refractivity contribution in [3.05, 3.63) is 48.2 Å². The second kappa shape index (κ2) is 8.79. The van der Waals surface area contributed by atoms with Crippen LogP contribution in [0.2, 0.25) is 0 Å². The van der Waals surface area contributed by atoms with Crippen molar-refractivity contribution in [2.45, 2.75) is 12.6 Å². The molecular weight excluding hydrogens is 344 g/mol. The van der Waals surface area contributed by atoms with Gasteiger partial charge in [0.05, 0.1) is 6.54 Å². The third-order valence-corrected chi connectivity index (χ3v) is 4.70. The number of amides is 2. The number of nitrogens with one attached hydrogen (secondary N) is 2. The van der Waals surface area contributed by atoms with Crippen LogP contribution in [0.1, 0.15) is 5.56 Å². The summed E-state index contributed by atoms with van der Waals surface area (Å²) in [6.07, 6.45) is 1.77. The molecule has 0 radical (unpaired) electrons. The standard InChI is InChI=1S/C19H26N6O2/c1-20-19(27)16-13-24(12-15-6-4-3-5-7-15)10-11-25(16)14-18(26)21-17-8-9-23(2)22-17/h3-9,16H,10-14H2,1-2H3,(H,20,27)(H,21,22,26). The van der Waals surface area contributed by atoms with Crippen molar-refractivity contribution in [3.63, 3.8) is 0 Å². The average Bonchev–Trinajstić information content (AvgIpc) is 3.07. The maximum Gasteiger partial charge on any atom is 0.239 e. The molecule has 27 heavy (non-hydrogen) atoms. The molecule has 2 amide bonds. The molecule has 2 heterocycles. The smallest absolute Gasteiger partial charge is 0.239 e. The van der Waals surface area contributed by atoms with Gasteiger partial charge in [0.25, 0.3) is 0 Å². The number of rotatable bonds is 6. The van der Waals surface area contributed by atoms with Gasteiger partial charge in [-0.25, -0.2) is 0 Å². The van der Waals surface area contributed by atoms with Gasteiger partial charge in [0.1, 0.15) is 6.04 Å². The number of hydrogen-bond acceptors (Lipinski definition) is 5. The van der Waals surface area contributed by atoms with E-state index in [4.69, 9.17) is 0 Å². The highest BCUT2D eigenvalue weighted by atomic mass is 16.2. The van der Waals surface area contributed by atoms with Gasteiger partial charge in [-0.1, -0.05) is 30.3 Å². The lowest BCUT2D eigenvalue weighted by molar-refractivity contribution is -0.130. The number of aryl methyl sites for hydroxylation is 1. The second-order valence-corrected chi connectivity index (χ2v) is 6.74. The molecule has 144 valence electrons. The zero-order valence-corrected chi connectivity index (χ0v) is 15.8. The number of aromatic nitrogens is 2. The van der Waals surface area contributed by atoms with Gasteiger partial charge in [0, 0.05) is 52.5 Å². The third-order valence-electron chi connectivity index (χ3n) is 4.70. The highest BCUT2D eigenvalue weighted by Crippen LogP contribution is 2.14. The quantitative estimate of drug-likeness (QED) is 0.764. The maximum atomic E-state index is 12.4. The summed E-state index contributed by atoms with van der Waals surface area (Å²) in [5, 5.41) is 9.65. The Kier molecular flexibility index (Phi) is 6.20. The molecule has 0 saturated carbocycles. The van der Waals surface area contributed by atoms with Crippen molar-refractivity contribution >= 4 is 17.6 Å². The SMILES string of the molecule is CNC(=O)C1CN(Cc2ccccc2)CCN1CC(=O)Nc1ccn(C)n1. The van der Waals surface area contributed by atoms with Crippen LogP contribution in [0.4, 0.5) is 5.82 Å². The molecule has 0 bridgehead atoms. The van der Waals surface area contributed by atoms with Crippen molar-refractivity contribution < 1.29 is 9.59 Å². The van der Waals surface area contributed by atoms with Gasteiger partial charge in [-0.15, -0.1) is 0 Å². The highest BCUT2D eigenvalue weighted by Gasteiger charge is 2.33. The van der Waals surface area contributed by atoms with E-state index < -0.39 is 0 Å². The summed E-state index contributed by atoms with van der Waals surface area (Å²) < 4.78 is 1.63. The van der Waals surface area contributed by atoms with Gasteiger partial charge in [-0.05, 0) is 5.56 Å². The summed E-state index contributed by atoms with van der Waals surface area (Å²) in [7, 11) is 3.42. The Bertz CT molecular complexity index is 776. The van der Waals surface area contributed by atoms with Crippen molar-refractivity contribution in [1.82, 2.24) is 24.9 Å². The molecule has 1 atom stereocenters. The van der Waals surface area contributed by atoms with Crippen LogP contribution in [0.3, 0.4) is 0 Å². The van der Waals surface area contributed by atoms with Crippen LogP contribution in [0.15, 0.2) is 42.6 Å². The lowest BCUT2D eigenvalue weighted by Gasteiger charge is -2.40. The predicted molar refractivity (Wildman–Crippen MR) is 103 cm³/mol. The Morgan fingerprint density at radius 2 is 1.96 bits per heavy atom. The van der Waals surface area contributed by atoms with Crippen LogP contribution in [-0.4, -0.2) is 70.7 Å². The summed E-state index contributed by atoms with van der Waals surface area (Å²) in [5.74, 6) is 0.277. The third kappa shape index (κ3) is 5.15. The molecule has 1 saturated heterocycles. The van der Waals surface area contributed by atoms with E-state index in [1.807, 2.05) is 23.1 Å². The number of likely N-dealkylation sites (N-methyl/N-ethyl adjacent to an activating group) is 1. The molecule has 2 N–H and O–H groups in total. The minimum Gasteiger partial charge on any atom is -0.358 e. The fraction of sp³-hybridized carbons (Fsp3) is 0.421. The molecular formula is C19H26N6O2. The Morgan fingerprint density at radius 3 is 2.63 bits per heavy atom. The molecule has 0 aliphatic carbocycles. The van der Waals surface area contributed by atoms with E-state index in [-0.39, 0.29) is 24.4 Å². The largest absolute Gasteiger partial charge is 0.358 e. The molecule has 3 rings (SSSR count). The first-order valence-corrected chi connectivity index (χ1v) is 9.06. The summed E-state index contributed by atoms with van der Waals surface area (Å²) in [6.45, 7) is 3.00. The summed E-state index contributed by atoms with van der Waals surface area (Å²) in [4.78, 5) is 28.9. The zero-order chi connectivity index (χ0) is 19.2. The first-order valence-electron chi connectivity index (χ1n) is 9.06. The average molecular weight is 370 g/mol. The Labute approximate surface area is 159 Å². The van der Waals surface area contributed by atoms with Gasteiger partial charge in [-0.2, -0.15) is 5.10 Å². The molecule has 1 unspecified atom stereocenters. The van der Waals surface area contributed by atoms with Gasteiger partial charge in [0.2, 0.25) is 11.8 Å². The van der Waals surface area contributed by atoms with E-state index in [9.17, 15) is 9.59 Å². The fourth-order valence-corrected chi connectivity index (χ4v) is 3.32. The number of benzene rings is 1. The summed E-state index contributed by atoms with van der Waals surface area (Å²) >= 11 is 0. The molecule has 1 aromatic carbocycles. The number of carbonyl (C=O) groups excluding carboxylic acids is 2. The van der Waals surface area contributed by atoms with Gasteiger partial charge < -0.3 is 10.6 Å². The molecule has 1 aliphatic rings. The maximum absolute atomic E-state index is 12.4. The van der Waals surface area contributed by atoms with Crippen LogP contribution in [0.25, 0.3) is 0 Å². The van der Waals surface area contributed by atoms with Gasteiger partial charge in [-0.3, -0.25) is 24.1 Å². The minimum absolute atomic E-state index is 0.0709. The van der Waals surface area contributed by atoms with E-state index in [0.717, 1.165) is 13.1 Å².